The zero-order chi connectivity index (χ0) is 26.8. The Bertz CT molecular complexity index is 1520. The zero-order valence-electron chi connectivity index (χ0n) is 21.9. The molecule has 198 valence electrons. The molecule has 4 heterocycles. The van der Waals surface area contributed by atoms with Crippen LogP contribution in [-0.4, -0.2) is 64.5 Å². The van der Waals surface area contributed by atoms with Crippen LogP contribution in [0.3, 0.4) is 0 Å². The van der Waals surface area contributed by atoms with Crippen LogP contribution in [0, 0.1) is 18.2 Å². The van der Waals surface area contributed by atoms with Crippen molar-refractivity contribution in [2.45, 2.75) is 44.3 Å². The van der Waals surface area contributed by atoms with Gasteiger partial charge in [-0.1, -0.05) is 18.7 Å². The maximum atomic E-state index is 13.8. The van der Waals surface area contributed by atoms with Crippen LogP contribution in [-0.2, 0) is 16.1 Å². The lowest BCUT2D eigenvalue weighted by Crippen LogP contribution is -2.58. The summed E-state index contributed by atoms with van der Waals surface area (Å²) < 4.78 is 21.2. The van der Waals surface area contributed by atoms with E-state index in [9.17, 15) is 14.0 Å². The first-order valence-electron chi connectivity index (χ1n) is 13.0. The molecule has 1 spiro atoms. The number of rotatable bonds is 3. The molecule has 2 aromatic carbocycles. The average Bonchev–Trinajstić information content (AvgIpc) is 3.06. The van der Waals surface area contributed by atoms with Crippen molar-refractivity contribution in [1.82, 2.24) is 14.5 Å². The predicted molar refractivity (Wildman–Crippen MR) is 148 cm³/mol. The summed E-state index contributed by atoms with van der Waals surface area (Å²) in [6.07, 6.45) is 1.35. The van der Waals surface area contributed by atoms with E-state index < -0.39 is 0 Å². The number of piperazine rings is 1. The van der Waals surface area contributed by atoms with E-state index in [0.29, 0.717) is 38.7 Å². The minimum Gasteiger partial charge on any atom is -0.380 e. The largest absolute Gasteiger partial charge is 0.380 e. The summed E-state index contributed by atoms with van der Waals surface area (Å²) in [5.74, 6) is 1.11. The molecule has 7 nitrogen and oxygen atoms in total. The first-order chi connectivity index (χ1) is 18.2. The number of benzene rings is 2. The van der Waals surface area contributed by atoms with Crippen LogP contribution in [0.4, 0.5) is 10.2 Å². The third kappa shape index (κ3) is 3.94. The Labute approximate surface area is 225 Å². The van der Waals surface area contributed by atoms with Gasteiger partial charge in [0.1, 0.15) is 11.6 Å². The highest BCUT2D eigenvalue weighted by molar-refractivity contribution is 7.99. The smallest absolute Gasteiger partial charge is 0.350 e. The topological polar surface area (TPSA) is 67.7 Å². The SMILES string of the molecule is C=CC(=O)N1C[C@H](C)N(c2nc(=O)n3c4c(c(-c5ccc(F)cc5)c(C)cc24)SCC2(COC2)C3)C[C@H]1C. The first kappa shape index (κ1) is 25.1. The minimum absolute atomic E-state index is 0.0364. The highest BCUT2D eigenvalue weighted by Crippen LogP contribution is 2.48. The summed E-state index contributed by atoms with van der Waals surface area (Å²) in [7, 11) is 0. The molecule has 2 fully saturated rings. The van der Waals surface area contributed by atoms with E-state index in [1.807, 2.05) is 16.4 Å². The van der Waals surface area contributed by atoms with Gasteiger partial charge in [-0.3, -0.25) is 9.36 Å². The number of hydrogen-bond acceptors (Lipinski definition) is 6. The van der Waals surface area contributed by atoms with Crippen molar-refractivity contribution in [1.29, 1.82) is 0 Å². The molecule has 2 saturated heterocycles. The van der Waals surface area contributed by atoms with Gasteiger partial charge in [0.2, 0.25) is 5.91 Å². The van der Waals surface area contributed by atoms with E-state index in [1.165, 1.54) is 18.2 Å². The Morgan fingerprint density at radius 1 is 1.21 bits per heavy atom. The number of thioether (sulfide) groups is 1. The molecule has 38 heavy (non-hydrogen) atoms. The van der Waals surface area contributed by atoms with Gasteiger partial charge in [0.05, 0.1) is 18.7 Å². The fourth-order valence-corrected chi connectivity index (χ4v) is 7.51. The fourth-order valence-electron chi connectivity index (χ4n) is 6.02. The van der Waals surface area contributed by atoms with Crippen LogP contribution in [0.2, 0.25) is 0 Å². The summed E-state index contributed by atoms with van der Waals surface area (Å²) in [5, 5.41) is 0.926. The van der Waals surface area contributed by atoms with Crippen LogP contribution in [0.5, 0.6) is 0 Å². The zero-order valence-corrected chi connectivity index (χ0v) is 22.7. The highest BCUT2D eigenvalue weighted by Gasteiger charge is 2.43. The lowest BCUT2D eigenvalue weighted by molar-refractivity contribution is -0.128. The van der Waals surface area contributed by atoms with Gasteiger partial charge in [-0.05, 0) is 56.2 Å². The maximum absolute atomic E-state index is 13.8. The Morgan fingerprint density at radius 3 is 2.61 bits per heavy atom. The van der Waals surface area contributed by atoms with Crippen LogP contribution < -0.4 is 10.6 Å². The molecule has 0 unspecified atom stereocenters. The number of carbonyl (C=O) groups excluding carboxylic acids is 1. The van der Waals surface area contributed by atoms with Crippen molar-refractivity contribution < 1.29 is 13.9 Å². The molecule has 0 N–H and O–H groups in total. The molecule has 2 atom stereocenters. The molecular weight excluding hydrogens is 503 g/mol. The third-order valence-corrected chi connectivity index (χ3v) is 9.52. The number of ether oxygens (including phenoxy) is 1. The molecule has 3 aliphatic heterocycles. The first-order valence-corrected chi connectivity index (χ1v) is 13.9. The third-order valence-electron chi connectivity index (χ3n) is 8.08. The standard InChI is InChI=1S/C29H31FN4O3S/c1-5-23(35)32-11-19(4)33(12-18(32)3)27-22-10-17(2)24(20-6-8-21(30)9-7-20)26-25(22)34(28(36)31-27)13-29(16-38-26)14-37-15-29/h5-10,18-19H,1,11-16H2,2-4H3/t18-,19+/m1/s1. The molecule has 3 aromatic rings. The van der Waals surface area contributed by atoms with Gasteiger partial charge in [0.25, 0.3) is 0 Å². The van der Waals surface area contributed by atoms with Gasteiger partial charge in [0.15, 0.2) is 0 Å². The predicted octanol–water partition coefficient (Wildman–Crippen LogP) is 4.24. The van der Waals surface area contributed by atoms with E-state index in [0.717, 1.165) is 38.2 Å². The van der Waals surface area contributed by atoms with Crippen LogP contribution in [0.1, 0.15) is 19.4 Å². The number of hydrogen-bond donors (Lipinski definition) is 0. The quantitative estimate of drug-likeness (QED) is 0.469. The van der Waals surface area contributed by atoms with E-state index in [4.69, 9.17) is 4.74 Å². The summed E-state index contributed by atoms with van der Waals surface area (Å²) in [6, 6.07) is 8.58. The van der Waals surface area contributed by atoms with Crippen LogP contribution in [0.15, 0.2) is 52.7 Å². The lowest BCUT2D eigenvalue weighted by atomic mass is 9.88. The molecule has 6 rings (SSSR count). The molecule has 0 aliphatic carbocycles. The number of anilines is 1. The number of amides is 1. The van der Waals surface area contributed by atoms with Gasteiger partial charge in [-0.25, -0.2) is 9.18 Å². The van der Waals surface area contributed by atoms with E-state index in [2.05, 4.69) is 36.4 Å². The summed E-state index contributed by atoms with van der Waals surface area (Å²) in [5.41, 5.74) is 3.47. The van der Waals surface area contributed by atoms with Crippen molar-refractivity contribution >= 4 is 34.4 Å². The monoisotopic (exact) mass is 534 g/mol. The van der Waals surface area contributed by atoms with Gasteiger partial charge in [-0.2, -0.15) is 4.98 Å². The van der Waals surface area contributed by atoms with Gasteiger partial charge in [0, 0.05) is 58.7 Å². The minimum atomic E-state index is -0.281. The van der Waals surface area contributed by atoms with Crippen molar-refractivity contribution in [3.63, 3.8) is 0 Å². The number of nitrogens with zero attached hydrogens (tertiary/aromatic N) is 4. The van der Waals surface area contributed by atoms with Crippen molar-refractivity contribution in [3.8, 4) is 11.1 Å². The number of carbonyl (C=O) groups is 1. The fraction of sp³-hybridized carbons (Fsp3) is 0.414. The number of halogens is 1. The Balaban J connectivity index is 1.57. The van der Waals surface area contributed by atoms with E-state index >= 15 is 0 Å². The Hall–Kier alpha value is -3.17. The van der Waals surface area contributed by atoms with Gasteiger partial charge >= 0.3 is 5.69 Å². The summed E-state index contributed by atoms with van der Waals surface area (Å²) in [4.78, 5) is 35.8. The van der Waals surface area contributed by atoms with Crippen molar-refractivity contribution in [3.05, 3.63) is 64.9 Å². The highest BCUT2D eigenvalue weighted by atomic mass is 32.2. The normalized spacial score (nSPS) is 22.3. The molecule has 1 aromatic heterocycles. The average molecular weight is 535 g/mol. The lowest BCUT2D eigenvalue weighted by Gasteiger charge is -2.44. The van der Waals surface area contributed by atoms with E-state index in [1.54, 1.807) is 23.9 Å². The second-order valence-corrected chi connectivity index (χ2v) is 11.9. The second-order valence-electron chi connectivity index (χ2n) is 10.9. The Morgan fingerprint density at radius 2 is 1.95 bits per heavy atom. The summed E-state index contributed by atoms with van der Waals surface area (Å²) in [6.45, 7) is 12.6. The van der Waals surface area contributed by atoms with E-state index in [-0.39, 0.29) is 34.9 Å². The molecule has 1 amide bonds. The molecule has 9 heteroatoms. The number of aromatic nitrogens is 2. The van der Waals surface area contributed by atoms with Crippen LogP contribution in [0.25, 0.3) is 22.0 Å². The molecule has 0 bridgehead atoms. The second kappa shape index (κ2) is 9.24. The van der Waals surface area contributed by atoms with Gasteiger partial charge < -0.3 is 14.5 Å². The molecule has 0 saturated carbocycles. The maximum Gasteiger partial charge on any atom is 0.350 e. The molecular formula is C29H31FN4O3S. The van der Waals surface area contributed by atoms with Gasteiger partial charge in [-0.15, -0.1) is 11.8 Å². The molecule has 3 aliphatic rings. The van der Waals surface area contributed by atoms with Crippen molar-refractivity contribution in [2.24, 2.45) is 5.41 Å². The number of aryl methyl sites for hydroxylation is 1. The Kier molecular flexibility index (Phi) is 6.11. The van der Waals surface area contributed by atoms with Crippen LogP contribution >= 0.6 is 11.8 Å². The van der Waals surface area contributed by atoms with Crippen molar-refractivity contribution in [2.75, 3.05) is 37.0 Å². The summed E-state index contributed by atoms with van der Waals surface area (Å²) >= 11 is 1.75. The molecule has 0 radical (unpaired) electrons.